The SMILES string of the molecule is N#Cc1ccc(S(=O)(=O)NC2(C#N)CCCCC2)c(Cl)c1. The predicted molar refractivity (Wildman–Crippen MR) is 77.9 cm³/mol. The lowest BCUT2D eigenvalue weighted by atomic mass is 9.84. The van der Waals surface area contributed by atoms with Gasteiger partial charge in [0.1, 0.15) is 10.4 Å². The molecule has 0 aromatic heterocycles. The van der Waals surface area contributed by atoms with Crippen molar-refractivity contribution in [3.05, 3.63) is 28.8 Å². The van der Waals surface area contributed by atoms with Crippen LogP contribution in [0.15, 0.2) is 23.1 Å². The van der Waals surface area contributed by atoms with E-state index in [9.17, 15) is 13.7 Å². The van der Waals surface area contributed by atoms with Crippen molar-refractivity contribution in [2.24, 2.45) is 0 Å². The third-order valence-electron chi connectivity index (χ3n) is 3.60. The second-order valence-corrected chi connectivity index (χ2v) is 7.18. The topological polar surface area (TPSA) is 93.8 Å². The first-order valence-electron chi connectivity index (χ1n) is 6.57. The number of nitriles is 2. The van der Waals surface area contributed by atoms with Crippen LogP contribution in [0.2, 0.25) is 5.02 Å². The number of rotatable bonds is 3. The van der Waals surface area contributed by atoms with E-state index in [1.807, 2.05) is 6.07 Å². The molecule has 1 fully saturated rings. The fraction of sp³-hybridized carbons (Fsp3) is 0.429. The van der Waals surface area contributed by atoms with Crippen LogP contribution in [0.3, 0.4) is 0 Å². The van der Waals surface area contributed by atoms with E-state index >= 15 is 0 Å². The van der Waals surface area contributed by atoms with Gasteiger partial charge in [-0.3, -0.25) is 0 Å². The van der Waals surface area contributed by atoms with Crippen molar-refractivity contribution in [1.82, 2.24) is 4.72 Å². The highest BCUT2D eigenvalue weighted by molar-refractivity contribution is 7.89. The van der Waals surface area contributed by atoms with E-state index in [4.69, 9.17) is 16.9 Å². The summed E-state index contributed by atoms with van der Waals surface area (Å²) in [6, 6.07) is 7.97. The summed E-state index contributed by atoms with van der Waals surface area (Å²) in [5.41, 5.74) is -0.777. The van der Waals surface area contributed by atoms with Gasteiger partial charge < -0.3 is 0 Å². The fourth-order valence-corrected chi connectivity index (χ4v) is 4.41. The number of halogens is 1. The number of benzene rings is 1. The Bertz CT molecular complexity index is 726. The summed E-state index contributed by atoms with van der Waals surface area (Å²) in [5.74, 6) is 0. The Kier molecular flexibility index (Phi) is 4.53. The molecular formula is C14H14ClN3O2S. The number of hydrogen-bond donors (Lipinski definition) is 1. The first-order valence-corrected chi connectivity index (χ1v) is 8.43. The minimum absolute atomic E-state index is 0.0227. The van der Waals surface area contributed by atoms with E-state index < -0.39 is 15.6 Å². The first kappa shape index (κ1) is 15.8. The quantitative estimate of drug-likeness (QED) is 0.925. The molecule has 1 aliphatic rings. The van der Waals surface area contributed by atoms with E-state index in [1.54, 1.807) is 0 Å². The molecule has 1 N–H and O–H groups in total. The highest BCUT2D eigenvalue weighted by Crippen LogP contribution is 2.31. The monoisotopic (exact) mass is 323 g/mol. The Morgan fingerprint density at radius 3 is 2.38 bits per heavy atom. The number of sulfonamides is 1. The average Bonchev–Trinajstić information content (AvgIpc) is 2.47. The molecule has 0 aliphatic heterocycles. The Labute approximate surface area is 129 Å². The summed E-state index contributed by atoms with van der Waals surface area (Å²) in [4.78, 5) is -0.108. The van der Waals surface area contributed by atoms with Crippen molar-refractivity contribution in [1.29, 1.82) is 10.5 Å². The molecule has 21 heavy (non-hydrogen) atoms. The van der Waals surface area contributed by atoms with Crippen LogP contribution < -0.4 is 4.72 Å². The molecule has 0 spiro atoms. The Morgan fingerprint density at radius 1 is 1.19 bits per heavy atom. The molecule has 0 unspecified atom stereocenters. The zero-order valence-corrected chi connectivity index (χ0v) is 12.8. The van der Waals surface area contributed by atoms with Crippen molar-refractivity contribution in [3.63, 3.8) is 0 Å². The highest BCUT2D eigenvalue weighted by Gasteiger charge is 2.37. The third-order valence-corrected chi connectivity index (χ3v) is 5.62. The fourth-order valence-electron chi connectivity index (χ4n) is 2.49. The van der Waals surface area contributed by atoms with Crippen molar-refractivity contribution >= 4 is 21.6 Å². The van der Waals surface area contributed by atoms with Gasteiger partial charge in [-0.2, -0.15) is 15.2 Å². The molecule has 0 atom stereocenters. The number of nitrogens with zero attached hydrogens (tertiary/aromatic N) is 2. The molecule has 2 rings (SSSR count). The molecular weight excluding hydrogens is 310 g/mol. The number of hydrogen-bond acceptors (Lipinski definition) is 4. The normalized spacial score (nSPS) is 17.7. The van der Waals surface area contributed by atoms with Crippen LogP contribution in [0.4, 0.5) is 0 Å². The molecule has 1 saturated carbocycles. The minimum atomic E-state index is -3.90. The average molecular weight is 324 g/mol. The van der Waals surface area contributed by atoms with Gasteiger partial charge >= 0.3 is 0 Å². The second-order valence-electron chi connectivity index (χ2n) is 5.12. The van der Waals surface area contributed by atoms with Gasteiger partial charge in [-0.25, -0.2) is 8.42 Å². The summed E-state index contributed by atoms with van der Waals surface area (Å²) in [5, 5.41) is 18.1. The van der Waals surface area contributed by atoms with Crippen molar-refractivity contribution < 1.29 is 8.42 Å². The Hall–Kier alpha value is -1.60. The summed E-state index contributed by atoms with van der Waals surface area (Å²) in [6.07, 6.45) is 3.63. The Balaban J connectivity index is 2.35. The summed E-state index contributed by atoms with van der Waals surface area (Å²) >= 11 is 5.95. The Morgan fingerprint density at radius 2 is 1.86 bits per heavy atom. The van der Waals surface area contributed by atoms with Crippen molar-refractivity contribution in [2.45, 2.75) is 42.5 Å². The van der Waals surface area contributed by atoms with E-state index in [0.717, 1.165) is 19.3 Å². The lowest BCUT2D eigenvalue weighted by Crippen LogP contribution is -2.48. The summed E-state index contributed by atoms with van der Waals surface area (Å²) in [6.45, 7) is 0. The molecule has 0 bridgehead atoms. The van der Waals surface area contributed by atoms with Crippen molar-refractivity contribution in [3.8, 4) is 12.1 Å². The van der Waals surface area contributed by atoms with Crippen LogP contribution in [0.1, 0.15) is 37.7 Å². The lowest BCUT2D eigenvalue weighted by molar-refractivity contribution is 0.338. The van der Waals surface area contributed by atoms with Crippen LogP contribution in [-0.2, 0) is 10.0 Å². The molecule has 110 valence electrons. The van der Waals surface area contributed by atoms with Gasteiger partial charge in [0.2, 0.25) is 10.0 Å². The van der Waals surface area contributed by atoms with E-state index in [0.29, 0.717) is 12.8 Å². The highest BCUT2D eigenvalue weighted by atomic mass is 35.5. The standard InChI is InChI=1S/C14H14ClN3O2S/c15-12-8-11(9-16)4-5-13(12)21(19,20)18-14(10-17)6-2-1-3-7-14/h4-5,8,18H,1-3,6-7H2. The van der Waals surface area contributed by atoms with Gasteiger partial charge in [0.25, 0.3) is 0 Å². The molecule has 0 heterocycles. The second kappa shape index (κ2) is 6.03. The minimum Gasteiger partial charge on any atom is -0.207 e. The van der Waals surface area contributed by atoms with Crippen LogP contribution in [-0.4, -0.2) is 14.0 Å². The maximum absolute atomic E-state index is 12.5. The maximum Gasteiger partial charge on any atom is 0.243 e. The van der Waals surface area contributed by atoms with Crippen LogP contribution in [0.5, 0.6) is 0 Å². The zero-order chi connectivity index (χ0) is 15.5. The largest absolute Gasteiger partial charge is 0.243 e. The van der Waals surface area contributed by atoms with E-state index in [-0.39, 0.29) is 15.5 Å². The molecule has 1 aromatic carbocycles. The third kappa shape index (κ3) is 3.36. The van der Waals surface area contributed by atoms with Crippen LogP contribution in [0.25, 0.3) is 0 Å². The molecule has 0 amide bonds. The van der Waals surface area contributed by atoms with Crippen LogP contribution >= 0.6 is 11.6 Å². The summed E-state index contributed by atoms with van der Waals surface area (Å²) in [7, 11) is -3.90. The van der Waals surface area contributed by atoms with E-state index in [1.165, 1.54) is 18.2 Å². The molecule has 1 aliphatic carbocycles. The van der Waals surface area contributed by atoms with Gasteiger partial charge in [0.15, 0.2) is 0 Å². The van der Waals surface area contributed by atoms with Gasteiger partial charge in [0.05, 0.1) is 22.7 Å². The lowest BCUT2D eigenvalue weighted by Gasteiger charge is -2.31. The van der Waals surface area contributed by atoms with Gasteiger partial charge in [-0.05, 0) is 31.0 Å². The molecule has 0 radical (unpaired) electrons. The van der Waals surface area contributed by atoms with Crippen molar-refractivity contribution in [2.75, 3.05) is 0 Å². The molecule has 5 nitrogen and oxygen atoms in total. The van der Waals surface area contributed by atoms with Gasteiger partial charge in [-0.15, -0.1) is 0 Å². The zero-order valence-electron chi connectivity index (χ0n) is 11.3. The van der Waals surface area contributed by atoms with Gasteiger partial charge in [-0.1, -0.05) is 30.9 Å². The predicted octanol–water partition coefficient (Wildman–Crippen LogP) is 2.72. The maximum atomic E-state index is 12.5. The van der Waals surface area contributed by atoms with Crippen LogP contribution in [0, 0.1) is 22.7 Å². The molecule has 0 saturated heterocycles. The molecule has 1 aromatic rings. The first-order chi connectivity index (χ1) is 9.92. The van der Waals surface area contributed by atoms with Gasteiger partial charge in [0, 0.05) is 0 Å². The summed E-state index contributed by atoms with van der Waals surface area (Å²) < 4.78 is 27.4. The molecule has 7 heteroatoms. The number of nitrogens with one attached hydrogen (secondary N) is 1. The smallest absolute Gasteiger partial charge is 0.207 e. The van der Waals surface area contributed by atoms with E-state index in [2.05, 4.69) is 10.8 Å².